The standard InChI is InChI=1S/C11H16BrN3S/c12-10-8(5-6-16-10)7-14-11(13)15-9-3-1-2-4-9/h5-6,9H,1-4,7H2,(H3,13,14,15). The van der Waals surface area contributed by atoms with E-state index in [1.807, 2.05) is 0 Å². The van der Waals surface area contributed by atoms with Crippen molar-refractivity contribution in [3.8, 4) is 0 Å². The summed E-state index contributed by atoms with van der Waals surface area (Å²) in [4.78, 5) is 4.35. The third-order valence-corrected chi connectivity index (χ3v) is 4.63. The first kappa shape index (κ1) is 11.9. The molecule has 1 aliphatic rings. The van der Waals surface area contributed by atoms with Crippen molar-refractivity contribution in [2.24, 2.45) is 10.7 Å². The zero-order valence-electron chi connectivity index (χ0n) is 9.08. The summed E-state index contributed by atoms with van der Waals surface area (Å²) < 4.78 is 1.14. The van der Waals surface area contributed by atoms with E-state index < -0.39 is 0 Å². The zero-order chi connectivity index (χ0) is 11.4. The van der Waals surface area contributed by atoms with E-state index in [4.69, 9.17) is 5.73 Å². The van der Waals surface area contributed by atoms with Gasteiger partial charge in [-0.25, -0.2) is 4.99 Å². The number of nitrogens with zero attached hydrogens (tertiary/aromatic N) is 1. The first-order chi connectivity index (χ1) is 7.75. The summed E-state index contributed by atoms with van der Waals surface area (Å²) in [7, 11) is 0. The number of halogens is 1. The summed E-state index contributed by atoms with van der Waals surface area (Å²) in [6.07, 6.45) is 5.05. The van der Waals surface area contributed by atoms with Gasteiger partial charge in [0.25, 0.3) is 0 Å². The lowest BCUT2D eigenvalue weighted by Crippen LogP contribution is -2.38. The van der Waals surface area contributed by atoms with Crippen molar-refractivity contribution in [1.29, 1.82) is 0 Å². The predicted molar refractivity (Wildman–Crippen MR) is 72.7 cm³/mol. The van der Waals surface area contributed by atoms with Gasteiger partial charge >= 0.3 is 0 Å². The van der Waals surface area contributed by atoms with Crippen molar-refractivity contribution in [2.75, 3.05) is 0 Å². The lowest BCUT2D eigenvalue weighted by Gasteiger charge is -2.11. The molecular formula is C11H16BrN3S. The van der Waals surface area contributed by atoms with Crippen LogP contribution >= 0.6 is 27.3 Å². The third-order valence-electron chi connectivity index (χ3n) is 2.82. The van der Waals surface area contributed by atoms with E-state index in [9.17, 15) is 0 Å². The Labute approximate surface area is 108 Å². The number of nitrogens with one attached hydrogen (secondary N) is 1. The number of thiophene rings is 1. The summed E-state index contributed by atoms with van der Waals surface area (Å²) in [6.45, 7) is 0.648. The summed E-state index contributed by atoms with van der Waals surface area (Å²) in [5.41, 5.74) is 7.04. The van der Waals surface area contributed by atoms with Crippen molar-refractivity contribution >= 4 is 33.2 Å². The molecule has 0 aromatic carbocycles. The Morgan fingerprint density at radius 1 is 1.56 bits per heavy atom. The number of hydrogen-bond donors (Lipinski definition) is 2. The number of aliphatic imine (C=N–C) groups is 1. The molecule has 1 aromatic rings. The molecule has 1 aliphatic carbocycles. The van der Waals surface area contributed by atoms with Crippen LogP contribution in [0, 0.1) is 0 Å². The van der Waals surface area contributed by atoms with Crippen molar-refractivity contribution in [3.05, 3.63) is 20.8 Å². The van der Waals surface area contributed by atoms with E-state index in [1.54, 1.807) is 11.3 Å². The Bertz CT molecular complexity index is 369. The fourth-order valence-electron chi connectivity index (χ4n) is 1.93. The molecule has 1 fully saturated rings. The largest absolute Gasteiger partial charge is 0.370 e. The molecule has 0 bridgehead atoms. The van der Waals surface area contributed by atoms with Gasteiger partial charge in [-0.15, -0.1) is 11.3 Å². The molecule has 0 saturated heterocycles. The molecule has 16 heavy (non-hydrogen) atoms. The van der Waals surface area contributed by atoms with Crippen LogP contribution in [0.4, 0.5) is 0 Å². The van der Waals surface area contributed by atoms with Gasteiger partial charge in [0.1, 0.15) is 0 Å². The van der Waals surface area contributed by atoms with Crippen molar-refractivity contribution < 1.29 is 0 Å². The maximum Gasteiger partial charge on any atom is 0.189 e. The van der Waals surface area contributed by atoms with E-state index in [1.165, 1.54) is 31.2 Å². The monoisotopic (exact) mass is 301 g/mol. The topological polar surface area (TPSA) is 50.4 Å². The minimum Gasteiger partial charge on any atom is -0.370 e. The van der Waals surface area contributed by atoms with E-state index in [0.29, 0.717) is 18.5 Å². The highest BCUT2D eigenvalue weighted by molar-refractivity contribution is 9.11. The maximum absolute atomic E-state index is 5.85. The number of hydrogen-bond acceptors (Lipinski definition) is 2. The molecule has 0 radical (unpaired) electrons. The lowest BCUT2D eigenvalue weighted by molar-refractivity contribution is 0.625. The smallest absolute Gasteiger partial charge is 0.189 e. The fraction of sp³-hybridized carbons (Fsp3) is 0.545. The number of nitrogens with two attached hydrogens (primary N) is 1. The number of guanidine groups is 1. The normalized spacial score (nSPS) is 17.9. The molecule has 2 rings (SSSR count). The lowest BCUT2D eigenvalue weighted by atomic mass is 10.2. The quantitative estimate of drug-likeness (QED) is 0.666. The molecule has 0 amide bonds. The van der Waals surface area contributed by atoms with Crippen molar-refractivity contribution in [2.45, 2.75) is 38.3 Å². The van der Waals surface area contributed by atoms with E-state index >= 15 is 0 Å². The van der Waals surface area contributed by atoms with Gasteiger partial charge in [-0.3, -0.25) is 0 Å². The van der Waals surface area contributed by atoms with Gasteiger partial charge in [0.05, 0.1) is 10.3 Å². The van der Waals surface area contributed by atoms with Gasteiger partial charge < -0.3 is 11.1 Å². The van der Waals surface area contributed by atoms with Gasteiger partial charge in [-0.05, 0) is 45.8 Å². The van der Waals surface area contributed by atoms with Crippen LogP contribution < -0.4 is 11.1 Å². The van der Waals surface area contributed by atoms with Crippen LogP contribution in [-0.2, 0) is 6.54 Å². The Hall–Kier alpha value is -0.550. The minimum atomic E-state index is 0.537. The molecule has 3 nitrogen and oxygen atoms in total. The highest BCUT2D eigenvalue weighted by Gasteiger charge is 2.14. The van der Waals surface area contributed by atoms with E-state index in [2.05, 4.69) is 37.7 Å². The molecule has 1 heterocycles. The second-order valence-electron chi connectivity index (χ2n) is 4.05. The molecule has 0 aliphatic heterocycles. The summed E-state index contributed by atoms with van der Waals surface area (Å²) in [5.74, 6) is 0.574. The van der Waals surface area contributed by atoms with Gasteiger partial charge in [0.2, 0.25) is 0 Å². The van der Waals surface area contributed by atoms with Crippen LogP contribution in [0.25, 0.3) is 0 Å². The van der Waals surface area contributed by atoms with E-state index in [-0.39, 0.29) is 0 Å². The number of rotatable bonds is 3. The van der Waals surface area contributed by atoms with Gasteiger partial charge in [0.15, 0.2) is 5.96 Å². The summed E-state index contributed by atoms with van der Waals surface area (Å²) in [5, 5.41) is 5.33. The van der Waals surface area contributed by atoms with Crippen molar-refractivity contribution in [3.63, 3.8) is 0 Å². The van der Waals surface area contributed by atoms with Crippen LogP contribution in [0.2, 0.25) is 0 Å². The second-order valence-corrected chi connectivity index (χ2v) is 6.28. The first-order valence-corrected chi connectivity index (χ1v) is 7.21. The molecule has 1 aromatic heterocycles. The highest BCUT2D eigenvalue weighted by Crippen LogP contribution is 2.23. The van der Waals surface area contributed by atoms with Crippen LogP contribution in [0.15, 0.2) is 20.2 Å². The summed E-state index contributed by atoms with van der Waals surface area (Å²) >= 11 is 5.17. The second kappa shape index (κ2) is 5.68. The highest BCUT2D eigenvalue weighted by atomic mass is 79.9. The van der Waals surface area contributed by atoms with Crippen LogP contribution in [-0.4, -0.2) is 12.0 Å². The van der Waals surface area contributed by atoms with Crippen LogP contribution in [0.3, 0.4) is 0 Å². The van der Waals surface area contributed by atoms with E-state index in [0.717, 1.165) is 3.79 Å². The van der Waals surface area contributed by atoms with Crippen molar-refractivity contribution in [1.82, 2.24) is 5.32 Å². The minimum absolute atomic E-state index is 0.537. The molecule has 3 N–H and O–H groups in total. The fourth-order valence-corrected chi connectivity index (χ4v) is 3.14. The van der Waals surface area contributed by atoms with Crippen LogP contribution in [0.5, 0.6) is 0 Å². The van der Waals surface area contributed by atoms with Gasteiger partial charge in [-0.1, -0.05) is 12.8 Å². The maximum atomic E-state index is 5.85. The Kier molecular flexibility index (Phi) is 4.23. The predicted octanol–water partition coefficient (Wildman–Crippen LogP) is 2.86. The Morgan fingerprint density at radius 3 is 2.94 bits per heavy atom. The Morgan fingerprint density at radius 2 is 2.31 bits per heavy atom. The molecule has 0 unspecified atom stereocenters. The first-order valence-electron chi connectivity index (χ1n) is 5.54. The average molecular weight is 302 g/mol. The Balaban J connectivity index is 1.84. The molecule has 0 atom stereocenters. The SMILES string of the molecule is NC(=NCc1ccsc1Br)NC1CCCC1. The third kappa shape index (κ3) is 3.22. The molecule has 1 saturated carbocycles. The average Bonchev–Trinajstić information content (AvgIpc) is 2.87. The molecule has 0 spiro atoms. The van der Waals surface area contributed by atoms with Gasteiger partial charge in [0, 0.05) is 6.04 Å². The summed E-state index contributed by atoms with van der Waals surface area (Å²) in [6, 6.07) is 2.61. The molecular weight excluding hydrogens is 286 g/mol. The molecule has 5 heteroatoms. The van der Waals surface area contributed by atoms with Gasteiger partial charge in [-0.2, -0.15) is 0 Å². The molecule has 88 valence electrons. The zero-order valence-corrected chi connectivity index (χ0v) is 11.5. The van der Waals surface area contributed by atoms with Crippen LogP contribution in [0.1, 0.15) is 31.2 Å².